The van der Waals surface area contributed by atoms with Gasteiger partial charge in [-0.15, -0.1) is 11.3 Å². The van der Waals surface area contributed by atoms with Crippen LogP contribution in [0.4, 0.5) is 11.4 Å². The molecular formula is C14H16ClN3O2S. The lowest BCUT2D eigenvalue weighted by Gasteiger charge is -2.14. The number of anilines is 1. The zero-order valence-corrected chi connectivity index (χ0v) is 13.6. The van der Waals surface area contributed by atoms with E-state index < -0.39 is 4.92 Å². The summed E-state index contributed by atoms with van der Waals surface area (Å²) in [6, 6.07) is 3.07. The molecule has 5 nitrogen and oxygen atoms in total. The van der Waals surface area contributed by atoms with Gasteiger partial charge in [-0.2, -0.15) is 0 Å². The molecule has 7 heteroatoms. The van der Waals surface area contributed by atoms with E-state index in [4.69, 9.17) is 11.6 Å². The average molecular weight is 326 g/mol. The van der Waals surface area contributed by atoms with E-state index >= 15 is 0 Å². The van der Waals surface area contributed by atoms with Crippen molar-refractivity contribution in [1.82, 2.24) is 4.98 Å². The van der Waals surface area contributed by atoms with Crippen LogP contribution in [0.5, 0.6) is 0 Å². The zero-order valence-electron chi connectivity index (χ0n) is 12.0. The second-order valence-corrected chi connectivity index (χ2v) is 6.31. The Kier molecular flexibility index (Phi) is 4.80. The van der Waals surface area contributed by atoms with Crippen molar-refractivity contribution >= 4 is 34.3 Å². The van der Waals surface area contributed by atoms with Crippen molar-refractivity contribution in [3.63, 3.8) is 0 Å². The Morgan fingerprint density at radius 1 is 1.52 bits per heavy atom. The summed E-state index contributed by atoms with van der Waals surface area (Å²) in [5, 5.41) is 15.5. The fraction of sp³-hybridized carbons (Fsp3) is 0.357. The number of hydrogen-bond donors (Lipinski definition) is 1. The van der Waals surface area contributed by atoms with Crippen LogP contribution in [-0.4, -0.2) is 9.91 Å². The third-order valence-electron chi connectivity index (χ3n) is 3.14. The highest BCUT2D eigenvalue weighted by molar-refractivity contribution is 7.11. The second-order valence-electron chi connectivity index (χ2n) is 4.76. The maximum atomic E-state index is 10.9. The molecule has 0 amide bonds. The summed E-state index contributed by atoms with van der Waals surface area (Å²) in [7, 11) is 0. The number of nitro benzene ring substituents is 1. The summed E-state index contributed by atoms with van der Waals surface area (Å²) in [4.78, 5) is 16.1. The predicted octanol–water partition coefficient (Wildman–Crippen LogP) is 4.75. The highest BCUT2D eigenvalue weighted by atomic mass is 35.5. The summed E-state index contributed by atoms with van der Waals surface area (Å²) in [5.74, 6) is 0. The number of hydrogen-bond acceptors (Lipinski definition) is 5. The molecule has 0 radical (unpaired) electrons. The van der Waals surface area contributed by atoms with E-state index in [0.717, 1.165) is 11.4 Å². The average Bonchev–Trinajstić information content (AvgIpc) is 2.91. The lowest BCUT2D eigenvalue weighted by molar-refractivity contribution is -0.385. The number of halogens is 1. The van der Waals surface area contributed by atoms with Crippen LogP contribution in [0, 0.1) is 17.0 Å². The van der Waals surface area contributed by atoms with Gasteiger partial charge < -0.3 is 5.32 Å². The van der Waals surface area contributed by atoms with Crippen LogP contribution in [0.1, 0.15) is 35.3 Å². The van der Waals surface area contributed by atoms with E-state index in [-0.39, 0.29) is 11.7 Å². The zero-order chi connectivity index (χ0) is 15.6. The maximum Gasteiger partial charge on any atom is 0.273 e. The van der Waals surface area contributed by atoms with Crippen molar-refractivity contribution in [2.45, 2.75) is 33.2 Å². The molecule has 0 saturated carbocycles. The summed E-state index contributed by atoms with van der Waals surface area (Å²) >= 11 is 7.78. The smallest absolute Gasteiger partial charge is 0.273 e. The van der Waals surface area contributed by atoms with E-state index in [1.54, 1.807) is 24.3 Å². The first-order chi connectivity index (χ1) is 9.92. The number of rotatable bonds is 5. The first kappa shape index (κ1) is 15.7. The van der Waals surface area contributed by atoms with Crippen LogP contribution < -0.4 is 5.32 Å². The third kappa shape index (κ3) is 3.51. The molecule has 1 aromatic carbocycles. The number of benzene rings is 1. The van der Waals surface area contributed by atoms with Gasteiger partial charge >= 0.3 is 0 Å². The van der Waals surface area contributed by atoms with Crippen LogP contribution in [0.3, 0.4) is 0 Å². The highest BCUT2D eigenvalue weighted by Crippen LogP contribution is 2.33. The van der Waals surface area contributed by atoms with Crippen LogP contribution >= 0.6 is 22.9 Å². The number of aromatic nitrogens is 1. The normalized spacial score (nSPS) is 12.2. The summed E-state index contributed by atoms with van der Waals surface area (Å²) < 4.78 is 0. The highest BCUT2D eigenvalue weighted by Gasteiger charge is 2.17. The van der Waals surface area contributed by atoms with Gasteiger partial charge in [0.05, 0.1) is 21.7 Å². The Bertz CT molecular complexity index is 672. The summed E-state index contributed by atoms with van der Waals surface area (Å²) in [5.41, 5.74) is 1.29. The largest absolute Gasteiger partial charge is 0.375 e. The van der Waals surface area contributed by atoms with Crippen molar-refractivity contribution in [1.29, 1.82) is 0 Å². The van der Waals surface area contributed by atoms with Crippen LogP contribution in [0.25, 0.3) is 0 Å². The Hall–Kier alpha value is -1.66. The van der Waals surface area contributed by atoms with Gasteiger partial charge in [-0.25, -0.2) is 4.98 Å². The van der Waals surface area contributed by atoms with Crippen LogP contribution in [-0.2, 0) is 6.42 Å². The molecule has 112 valence electrons. The van der Waals surface area contributed by atoms with Gasteiger partial charge in [0, 0.05) is 22.7 Å². The molecule has 1 N–H and O–H groups in total. The lowest BCUT2D eigenvalue weighted by Crippen LogP contribution is -2.07. The number of thiazole rings is 1. The maximum absolute atomic E-state index is 10.9. The van der Waals surface area contributed by atoms with Gasteiger partial charge in [0.15, 0.2) is 0 Å². The molecule has 2 aromatic rings. The van der Waals surface area contributed by atoms with E-state index in [0.29, 0.717) is 16.3 Å². The molecule has 0 saturated heterocycles. The molecule has 1 unspecified atom stereocenters. The lowest BCUT2D eigenvalue weighted by atomic mass is 10.1. The Morgan fingerprint density at radius 2 is 2.24 bits per heavy atom. The summed E-state index contributed by atoms with van der Waals surface area (Å²) in [6.45, 7) is 5.78. The molecule has 0 bridgehead atoms. The fourth-order valence-corrected chi connectivity index (χ4v) is 3.03. The van der Waals surface area contributed by atoms with Crippen LogP contribution in [0.2, 0.25) is 5.02 Å². The second kappa shape index (κ2) is 6.41. The van der Waals surface area contributed by atoms with Gasteiger partial charge in [0.25, 0.3) is 5.69 Å². The van der Waals surface area contributed by atoms with Gasteiger partial charge in [0.2, 0.25) is 0 Å². The number of nitro groups is 1. The molecule has 0 aliphatic carbocycles. The van der Waals surface area contributed by atoms with E-state index in [2.05, 4.69) is 17.2 Å². The van der Waals surface area contributed by atoms with Crippen molar-refractivity contribution in [3.8, 4) is 0 Å². The minimum Gasteiger partial charge on any atom is -0.375 e. The minimum atomic E-state index is -0.428. The first-order valence-electron chi connectivity index (χ1n) is 6.58. The van der Waals surface area contributed by atoms with E-state index in [1.807, 2.05) is 13.1 Å². The van der Waals surface area contributed by atoms with Crippen molar-refractivity contribution in [2.24, 2.45) is 0 Å². The van der Waals surface area contributed by atoms with Gasteiger partial charge in [0.1, 0.15) is 5.01 Å². The SMILES string of the molecule is CCc1cnc(C(C)Nc2cc(C)c([N+](=O)[O-])cc2Cl)s1. The van der Waals surface area contributed by atoms with Gasteiger partial charge in [-0.1, -0.05) is 18.5 Å². The predicted molar refractivity (Wildman–Crippen MR) is 86.4 cm³/mol. The molecule has 0 fully saturated rings. The molecule has 0 aliphatic heterocycles. The van der Waals surface area contributed by atoms with Crippen molar-refractivity contribution < 1.29 is 4.92 Å². The first-order valence-corrected chi connectivity index (χ1v) is 7.77. The fourth-order valence-electron chi connectivity index (χ4n) is 1.96. The molecule has 0 aliphatic rings. The van der Waals surface area contributed by atoms with E-state index in [1.165, 1.54) is 10.9 Å². The van der Waals surface area contributed by atoms with Gasteiger partial charge in [-0.3, -0.25) is 10.1 Å². The summed E-state index contributed by atoms with van der Waals surface area (Å²) in [6.07, 6.45) is 2.84. The molecule has 21 heavy (non-hydrogen) atoms. The molecule has 1 heterocycles. The molecule has 1 atom stereocenters. The molecular weight excluding hydrogens is 310 g/mol. The number of aryl methyl sites for hydroxylation is 2. The van der Waals surface area contributed by atoms with E-state index in [9.17, 15) is 10.1 Å². The molecule has 0 spiro atoms. The topological polar surface area (TPSA) is 68.1 Å². The van der Waals surface area contributed by atoms with Crippen molar-refractivity contribution in [3.05, 3.63) is 48.9 Å². The monoisotopic (exact) mass is 325 g/mol. The standard InChI is InChI=1S/C14H16ClN3O2S/c1-4-10-7-16-14(21-10)9(3)17-12-5-8(2)13(18(19)20)6-11(12)15/h5-7,9,17H,4H2,1-3H3. The Morgan fingerprint density at radius 3 is 2.81 bits per heavy atom. The van der Waals surface area contributed by atoms with Gasteiger partial charge in [-0.05, 0) is 26.3 Å². The quantitative estimate of drug-likeness (QED) is 0.636. The van der Waals surface area contributed by atoms with Crippen molar-refractivity contribution in [2.75, 3.05) is 5.32 Å². The Balaban J connectivity index is 2.23. The number of nitrogens with zero attached hydrogens (tertiary/aromatic N) is 2. The molecule has 1 aromatic heterocycles. The number of nitrogens with one attached hydrogen (secondary N) is 1. The van der Waals surface area contributed by atoms with Crippen LogP contribution in [0.15, 0.2) is 18.3 Å². The Labute approximate surface area is 132 Å². The third-order valence-corrected chi connectivity index (χ3v) is 4.78. The molecule has 2 rings (SSSR count). The minimum absolute atomic E-state index is 0.00587.